The number of hydrogen-bond acceptors (Lipinski definition) is 8. The van der Waals surface area contributed by atoms with Gasteiger partial charge in [-0.25, -0.2) is 4.79 Å². The van der Waals surface area contributed by atoms with Crippen molar-refractivity contribution in [2.24, 2.45) is 0 Å². The van der Waals surface area contributed by atoms with Crippen LogP contribution in [0.3, 0.4) is 0 Å². The zero-order valence-corrected chi connectivity index (χ0v) is 23.9. The molecule has 2 aliphatic rings. The van der Waals surface area contributed by atoms with Gasteiger partial charge in [-0.1, -0.05) is 31.9 Å². The van der Waals surface area contributed by atoms with Crippen molar-refractivity contribution in [3.05, 3.63) is 29.8 Å². The average Bonchev–Trinajstić information content (AvgIpc) is 3.31. The summed E-state index contributed by atoms with van der Waals surface area (Å²) in [5.41, 5.74) is 0.751. The van der Waals surface area contributed by atoms with Crippen LogP contribution in [0, 0.1) is 0 Å². The largest absolute Gasteiger partial charge is 0.494 e. The van der Waals surface area contributed by atoms with Gasteiger partial charge in [0, 0.05) is 32.7 Å². The standard InChI is InChI=1S/C27H44N2O5.C2H2F2O3/c1-2-3-17-33-24-13-11-21(12-14-24)27(32)25(20-29-16-15-22(30)19-29)28-26(31)10-5-4-6-18-34-23-8-7-9-23;3-2(4,7)1(5)6/h11-14,22-23,25,27,30,32H,2-10,15-20H2,1H3,(H,28,31);7H,(H,5,6)/t22-,25+,27+;/m0./s1. The van der Waals surface area contributed by atoms with Crippen LogP contribution in [0.2, 0.25) is 0 Å². The summed E-state index contributed by atoms with van der Waals surface area (Å²) in [5, 5.41) is 38.5. The smallest absolute Gasteiger partial charge is 0.453 e. The number of carboxylic acid groups (broad SMARTS) is 1. The molecule has 2 fully saturated rings. The van der Waals surface area contributed by atoms with E-state index in [1.807, 2.05) is 24.3 Å². The van der Waals surface area contributed by atoms with E-state index in [4.69, 9.17) is 24.5 Å². The first-order valence-corrected chi connectivity index (χ1v) is 14.5. The zero-order chi connectivity index (χ0) is 30.3. The Kier molecular flexibility index (Phi) is 15.5. The third-order valence-electron chi connectivity index (χ3n) is 7.13. The lowest BCUT2D eigenvalue weighted by atomic mass is 9.96. The van der Waals surface area contributed by atoms with Crippen molar-refractivity contribution in [3.8, 4) is 5.75 Å². The molecule has 3 rings (SSSR count). The summed E-state index contributed by atoms with van der Waals surface area (Å²) in [4.78, 5) is 23.8. The number of carbonyl (C=O) groups is 2. The van der Waals surface area contributed by atoms with Gasteiger partial charge in [0.25, 0.3) is 0 Å². The highest BCUT2D eigenvalue weighted by atomic mass is 19.3. The van der Waals surface area contributed by atoms with Gasteiger partial charge >= 0.3 is 12.1 Å². The number of aliphatic hydroxyl groups excluding tert-OH is 2. The molecule has 234 valence electrons. The van der Waals surface area contributed by atoms with Crippen LogP contribution in [-0.4, -0.2) is 94.4 Å². The van der Waals surface area contributed by atoms with Gasteiger partial charge in [-0.3, -0.25) is 9.69 Å². The van der Waals surface area contributed by atoms with Crippen molar-refractivity contribution in [2.75, 3.05) is 32.8 Å². The van der Waals surface area contributed by atoms with Crippen LogP contribution in [0.25, 0.3) is 0 Å². The molecule has 1 saturated heterocycles. The molecule has 1 amide bonds. The van der Waals surface area contributed by atoms with Crippen LogP contribution in [0.4, 0.5) is 8.78 Å². The summed E-state index contributed by atoms with van der Waals surface area (Å²) in [6.07, 6.45) is 4.39. The second-order valence-electron chi connectivity index (χ2n) is 10.7. The molecule has 1 saturated carbocycles. The van der Waals surface area contributed by atoms with Crippen LogP contribution < -0.4 is 10.1 Å². The molecule has 1 aromatic carbocycles. The molecule has 0 radical (unpaired) electrons. The Bertz CT molecular complexity index is 896. The molecular formula is C29H46F2N2O8. The first-order valence-electron chi connectivity index (χ1n) is 14.5. The van der Waals surface area contributed by atoms with Gasteiger partial charge in [-0.05, 0) is 62.6 Å². The second-order valence-corrected chi connectivity index (χ2v) is 10.7. The number of nitrogens with zero attached hydrogens (tertiary/aromatic N) is 1. The van der Waals surface area contributed by atoms with E-state index >= 15 is 0 Å². The topological polar surface area (TPSA) is 149 Å². The fourth-order valence-electron chi connectivity index (χ4n) is 4.44. The lowest BCUT2D eigenvalue weighted by molar-refractivity contribution is -0.222. The number of carbonyl (C=O) groups excluding carboxylic acids is 1. The monoisotopic (exact) mass is 588 g/mol. The normalized spacial score (nSPS) is 19.0. The molecule has 0 bridgehead atoms. The summed E-state index contributed by atoms with van der Waals surface area (Å²) in [6.45, 7) is 5.44. The first kappa shape index (κ1) is 34.8. The van der Waals surface area contributed by atoms with Crippen LogP contribution in [-0.2, 0) is 14.3 Å². The van der Waals surface area contributed by atoms with Crippen molar-refractivity contribution in [1.29, 1.82) is 0 Å². The summed E-state index contributed by atoms with van der Waals surface area (Å²) in [5.74, 6) is -1.79. The fraction of sp³-hybridized carbons (Fsp3) is 0.724. The van der Waals surface area contributed by atoms with E-state index in [9.17, 15) is 23.8 Å². The summed E-state index contributed by atoms with van der Waals surface area (Å²) >= 11 is 0. The number of alkyl halides is 2. The highest BCUT2D eigenvalue weighted by Gasteiger charge is 2.35. The molecule has 41 heavy (non-hydrogen) atoms. The number of nitrogens with one attached hydrogen (secondary N) is 1. The number of likely N-dealkylation sites (tertiary alicyclic amines) is 1. The van der Waals surface area contributed by atoms with Gasteiger partial charge in [0.2, 0.25) is 5.91 Å². The molecule has 1 heterocycles. The zero-order valence-electron chi connectivity index (χ0n) is 23.9. The van der Waals surface area contributed by atoms with Crippen LogP contribution >= 0.6 is 0 Å². The molecule has 0 aromatic heterocycles. The lowest BCUT2D eigenvalue weighted by Crippen LogP contribution is -2.47. The van der Waals surface area contributed by atoms with Gasteiger partial charge in [0.15, 0.2) is 0 Å². The Morgan fingerprint density at radius 2 is 1.78 bits per heavy atom. The van der Waals surface area contributed by atoms with E-state index < -0.39 is 24.2 Å². The molecule has 1 aliphatic heterocycles. The highest BCUT2D eigenvalue weighted by Crippen LogP contribution is 2.24. The Balaban J connectivity index is 0.000000745. The average molecular weight is 589 g/mol. The minimum absolute atomic E-state index is 0.0387. The number of carboxylic acids is 1. The maximum atomic E-state index is 12.7. The number of halogens is 2. The van der Waals surface area contributed by atoms with Crippen molar-refractivity contribution in [3.63, 3.8) is 0 Å². The van der Waals surface area contributed by atoms with Gasteiger partial charge < -0.3 is 35.2 Å². The van der Waals surface area contributed by atoms with Crippen molar-refractivity contribution < 1.29 is 48.3 Å². The molecular weight excluding hydrogens is 542 g/mol. The number of hydrogen-bond donors (Lipinski definition) is 5. The number of rotatable bonds is 17. The Hall–Kier alpha value is -2.38. The third kappa shape index (κ3) is 13.9. The maximum Gasteiger partial charge on any atom is 0.453 e. The van der Waals surface area contributed by atoms with Gasteiger partial charge in [0.05, 0.1) is 24.9 Å². The van der Waals surface area contributed by atoms with Gasteiger partial charge in [-0.15, -0.1) is 0 Å². The number of aliphatic hydroxyl groups is 3. The highest BCUT2D eigenvalue weighted by molar-refractivity contribution is 5.76. The molecule has 12 heteroatoms. The molecule has 1 aromatic rings. The number of unbranched alkanes of at least 4 members (excludes halogenated alkanes) is 3. The Morgan fingerprint density at radius 3 is 2.32 bits per heavy atom. The predicted molar refractivity (Wildman–Crippen MR) is 148 cm³/mol. The molecule has 5 N–H and O–H groups in total. The van der Waals surface area contributed by atoms with Crippen LogP contribution in [0.15, 0.2) is 24.3 Å². The summed E-state index contributed by atoms with van der Waals surface area (Å²) in [6, 6.07) is 7.04. The van der Waals surface area contributed by atoms with E-state index in [1.54, 1.807) is 0 Å². The number of aliphatic carboxylic acids is 1. The van der Waals surface area contributed by atoms with Crippen LogP contribution in [0.5, 0.6) is 5.75 Å². The minimum atomic E-state index is -4.58. The molecule has 1 aliphatic carbocycles. The van der Waals surface area contributed by atoms with E-state index in [0.717, 1.165) is 63.0 Å². The van der Waals surface area contributed by atoms with E-state index in [1.165, 1.54) is 19.3 Å². The summed E-state index contributed by atoms with van der Waals surface area (Å²) < 4.78 is 33.1. The van der Waals surface area contributed by atoms with Crippen molar-refractivity contribution >= 4 is 11.9 Å². The molecule has 0 unspecified atom stereocenters. The fourth-order valence-corrected chi connectivity index (χ4v) is 4.44. The maximum absolute atomic E-state index is 12.7. The van der Waals surface area contributed by atoms with Crippen molar-refractivity contribution in [2.45, 2.75) is 102 Å². The van der Waals surface area contributed by atoms with E-state index in [0.29, 0.717) is 32.2 Å². The molecule has 0 spiro atoms. The van der Waals surface area contributed by atoms with Crippen molar-refractivity contribution in [1.82, 2.24) is 10.2 Å². The van der Waals surface area contributed by atoms with E-state index in [-0.39, 0.29) is 12.0 Å². The Labute approximate surface area is 240 Å². The van der Waals surface area contributed by atoms with Crippen LogP contribution in [0.1, 0.15) is 82.8 Å². The number of benzene rings is 1. The van der Waals surface area contributed by atoms with Gasteiger partial charge in [0.1, 0.15) is 11.9 Å². The number of β-amino-alcohol motifs (C(OH)–C–C–N with tert-alkyl or cyclic N) is 1. The second kappa shape index (κ2) is 18.2. The van der Waals surface area contributed by atoms with E-state index in [2.05, 4.69) is 17.1 Å². The van der Waals surface area contributed by atoms with Gasteiger partial charge in [-0.2, -0.15) is 8.78 Å². The molecule has 10 nitrogen and oxygen atoms in total. The minimum Gasteiger partial charge on any atom is -0.494 e. The predicted octanol–water partition coefficient (Wildman–Crippen LogP) is 3.24. The quantitative estimate of drug-likeness (QED) is 0.173. The summed E-state index contributed by atoms with van der Waals surface area (Å²) in [7, 11) is 0. The number of amides is 1. The molecule has 3 atom stereocenters. The lowest BCUT2D eigenvalue weighted by Gasteiger charge is -2.29. The number of ether oxygens (including phenoxy) is 2. The Morgan fingerprint density at radius 1 is 1.10 bits per heavy atom. The first-order chi connectivity index (χ1) is 19.5. The SMILES string of the molecule is CCCCOc1ccc([C@@H](O)[C@@H](CN2CC[C@H](O)C2)NC(=O)CCCCCOC2CCC2)cc1.O=C(O)C(O)(F)F. The third-order valence-corrected chi connectivity index (χ3v) is 7.13.